The van der Waals surface area contributed by atoms with Gasteiger partial charge in [0.25, 0.3) is 5.91 Å². The quantitative estimate of drug-likeness (QED) is 0.582. The van der Waals surface area contributed by atoms with Crippen molar-refractivity contribution in [1.29, 1.82) is 0 Å². The molecule has 0 aromatic heterocycles. The van der Waals surface area contributed by atoms with Gasteiger partial charge in [-0.2, -0.15) is 13.2 Å². The molecule has 1 aliphatic rings. The molecule has 1 amide bonds. The van der Waals surface area contributed by atoms with E-state index < -0.39 is 23.7 Å². The second kappa shape index (κ2) is 7.51. The number of benzene rings is 2. The number of alkyl halides is 3. The number of hydrogen-bond donors (Lipinski definition) is 4. The Morgan fingerprint density at radius 1 is 1.14 bits per heavy atom. The smallest absolute Gasteiger partial charge is 0.418 e. The Morgan fingerprint density at radius 2 is 1.79 bits per heavy atom. The molecule has 0 radical (unpaired) electrons. The topological polar surface area (TPSA) is 73.4 Å². The lowest BCUT2D eigenvalue weighted by atomic mass is 9.94. The van der Waals surface area contributed by atoms with Gasteiger partial charge in [0, 0.05) is 5.70 Å². The van der Waals surface area contributed by atoms with Crippen LogP contribution < -0.4 is 16.0 Å². The SMILES string of the molecule is CC1=C(C(=O)Nc2ccccc2C(F)(F)F)[C@@H](c2ccc(O)cc2)NC(=S)N1. The summed E-state index contributed by atoms with van der Waals surface area (Å²) in [5.41, 5.74) is -0.0386. The van der Waals surface area contributed by atoms with Crippen molar-refractivity contribution >= 4 is 28.9 Å². The number of anilines is 1. The number of amides is 1. The fourth-order valence-corrected chi connectivity index (χ4v) is 3.21. The summed E-state index contributed by atoms with van der Waals surface area (Å²) in [5, 5.41) is 17.9. The highest BCUT2D eigenvalue weighted by Crippen LogP contribution is 2.35. The number of thiocarbonyl (C=S) groups is 1. The Hall–Kier alpha value is -3.07. The van der Waals surface area contributed by atoms with Crippen LogP contribution in [0, 0.1) is 0 Å². The second-order valence-corrected chi connectivity index (χ2v) is 6.57. The number of phenolic OH excluding ortho intramolecular Hbond substituents is 1. The van der Waals surface area contributed by atoms with Gasteiger partial charge in [-0.25, -0.2) is 0 Å². The van der Waals surface area contributed by atoms with Crippen LogP contribution in [0.2, 0.25) is 0 Å². The first-order valence-corrected chi connectivity index (χ1v) is 8.62. The van der Waals surface area contributed by atoms with E-state index in [1.165, 1.54) is 30.3 Å². The maximum atomic E-state index is 13.2. The van der Waals surface area contributed by atoms with E-state index >= 15 is 0 Å². The van der Waals surface area contributed by atoms with Gasteiger partial charge >= 0.3 is 6.18 Å². The van der Waals surface area contributed by atoms with E-state index in [1.54, 1.807) is 19.1 Å². The molecule has 0 saturated carbocycles. The molecule has 5 nitrogen and oxygen atoms in total. The molecule has 0 unspecified atom stereocenters. The van der Waals surface area contributed by atoms with Crippen molar-refractivity contribution in [1.82, 2.24) is 10.6 Å². The summed E-state index contributed by atoms with van der Waals surface area (Å²) < 4.78 is 39.7. The molecule has 9 heteroatoms. The number of carbonyl (C=O) groups excluding carboxylic acids is 1. The monoisotopic (exact) mass is 407 g/mol. The number of carbonyl (C=O) groups is 1. The van der Waals surface area contributed by atoms with Crippen molar-refractivity contribution in [3.63, 3.8) is 0 Å². The van der Waals surface area contributed by atoms with E-state index in [0.717, 1.165) is 6.07 Å². The van der Waals surface area contributed by atoms with Crippen LogP contribution in [0.1, 0.15) is 24.1 Å². The standard InChI is InChI=1S/C19H16F3N3O2S/c1-10-15(16(25-18(28)23-10)11-6-8-12(26)9-7-11)17(27)24-14-5-3-2-4-13(14)19(20,21)22/h2-9,16,26H,1H3,(H,24,27)(H2,23,25,28)/t16-/m1/s1. The molecule has 3 rings (SSSR count). The first-order chi connectivity index (χ1) is 13.2. The van der Waals surface area contributed by atoms with Crippen molar-refractivity contribution in [3.05, 3.63) is 70.9 Å². The van der Waals surface area contributed by atoms with Gasteiger partial charge in [-0.1, -0.05) is 24.3 Å². The van der Waals surface area contributed by atoms with E-state index in [4.69, 9.17) is 12.2 Å². The summed E-state index contributed by atoms with van der Waals surface area (Å²) in [7, 11) is 0. The van der Waals surface area contributed by atoms with Gasteiger partial charge in [-0.05, 0) is 49.0 Å². The lowest BCUT2D eigenvalue weighted by molar-refractivity contribution is -0.137. The van der Waals surface area contributed by atoms with E-state index in [2.05, 4.69) is 16.0 Å². The lowest BCUT2D eigenvalue weighted by Gasteiger charge is -2.30. The van der Waals surface area contributed by atoms with Gasteiger partial charge in [0.15, 0.2) is 5.11 Å². The van der Waals surface area contributed by atoms with Crippen LogP contribution in [-0.2, 0) is 11.0 Å². The predicted molar refractivity (Wildman–Crippen MR) is 102 cm³/mol. The molecule has 146 valence electrons. The van der Waals surface area contributed by atoms with E-state index in [9.17, 15) is 23.1 Å². The van der Waals surface area contributed by atoms with Crippen LogP contribution >= 0.6 is 12.2 Å². The molecule has 0 spiro atoms. The van der Waals surface area contributed by atoms with E-state index in [0.29, 0.717) is 11.3 Å². The number of para-hydroxylation sites is 1. The van der Waals surface area contributed by atoms with Crippen LogP contribution in [0.5, 0.6) is 5.75 Å². The summed E-state index contributed by atoms with van der Waals surface area (Å²) in [5.74, 6) is -0.652. The second-order valence-electron chi connectivity index (χ2n) is 6.16. The van der Waals surface area contributed by atoms with Crippen molar-refractivity contribution in [2.45, 2.75) is 19.1 Å². The van der Waals surface area contributed by atoms with Crippen molar-refractivity contribution in [2.75, 3.05) is 5.32 Å². The molecular formula is C19H16F3N3O2S. The summed E-state index contributed by atoms with van der Waals surface area (Å²) in [6, 6.07) is 10.2. The summed E-state index contributed by atoms with van der Waals surface area (Å²) in [6.07, 6.45) is -4.60. The zero-order valence-electron chi connectivity index (χ0n) is 14.6. The minimum absolute atomic E-state index is 0.0473. The fourth-order valence-electron chi connectivity index (χ4n) is 2.94. The Morgan fingerprint density at radius 3 is 2.43 bits per heavy atom. The number of nitrogens with one attached hydrogen (secondary N) is 3. The molecule has 4 N–H and O–H groups in total. The molecule has 0 bridgehead atoms. The molecule has 2 aromatic carbocycles. The summed E-state index contributed by atoms with van der Waals surface area (Å²) in [4.78, 5) is 12.9. The molecular weight excluding hydrogens is 391 g/mol. The Bertz CT molecular complexity index is 956. The third-order valence-electron chi connectivity index (χ3n) is 4.22. The van der Waals surface area contributed by atoms with Gasteiger partial charge in [0.05, 0.1) is 22.9 Å². The van der Waals surface area contributed by atoms with Gasteiger partial charge in [-0.15, -0.1) is 0 Å². The molecule has 1 atom stereocenters. The maximum absolute atomic E-state index is 13.2. The van der Waals surface area contributed by atoms with Crippen LogP contribution in [0.25, 0.3) is 0 Å². The zero-order valence-corrected chi connectivity index (χ0v) is 15.4. The number of rotatable bonds is 3. The number of phenols is 1. The first kappa shape index (κ1) is 19.7. The van der Waals surface area contributed by atoms with Crippen LogP contribution in [0.4, 0.5) is 18.9 Å². The zero-order chi connectivity index (χ0) is 20.5. The first-order valence-electron chi connectivity index (χ1n) is 8.21. The minimum Gasteiger partial charge on any atom is -0.508 e. The molecule has 0 fully saturated rings. The van der Waals surface area contributed by atoms with Crippen molar-refractivity contribution < 1.29 is 23.1 Å². The van der Waals surface area contributed by atoms with Gasteiger partial charge in [-0.3, -0.25) is 4.79 Å². The van der Waals surface area contributed by atoms with Gasteiger partial charge in [0.2, 0.25) is 0 Å². The third kappa shape index (κ3) is 4.09. The highest BCUT2D eigenvalue weighted by molar-refractivity contribution is 7.80. The summed E-state index contributed by atoms with van der Waals surface area (Å²) >= 11 is 5.14. The number of halogens is 3. The van der Waals surface area contributed by atoms with Crippen LogP contribution in [0.3, 0.4) is 0 Å². The normalized spacial score (nSPS) is 17.0. The average molecular weight is 407 g/mol. The molecule has 2 aromatic rings. The fraction of sp³-hybridized carbons (Fsp3) is 0.158. The number of hydrogen-bond acceptors (Lipinski definition) is 3. The predicted octanol–water partition coefficient (Wildman–Crippen LogP) is 3.84. The van der Waals surface area contributed by atoms with Crippen molar-refractivity contribution in [2.24, 2.45) is 0 Å². The maximum Gasteiger partial charge on any atom is 0.418 e. The highest BCUT2D eigenvalue weighted by atomic mass is 32.1. The van der Waals surface area contributed by atoms with Crippen LogP contribution in [-0.4, -0.2) is 16.1 Å². The van der Waals surface area contributed by atoms with E-state index in [-0.39, 0.29) is 22.1 Å². The molecule has 0 saturated heterocycles. The van der Waals surface area contributed by atoms with Gasteiger partial charge in [0.1, 0.15) is 5.75 Å². The largest absolute Gasteiger partial charge is 0.508 e. The Labute approximate surface area is 164 Å². The van der Waals surface area contributed by atoms with Gasteiger partial charge < -0.3 is 21.1 Å². The number of aromatic hydroxyl groups is 1. The molecule has 1 heterocycles. The number of allylic oxidation sites excluding steroid dienone is 1. The Balaban J connectivity index is 1.98. The van der Waals surface area contributed by atoms with Crippen molar-refractivity contribution in [3.8, 4) is 5.75 Å². The Kier molecular flexibility index (Phi) is 5.28. The minimum atomic E-state index is -4.60. The molecule has 0 aliphatic carbocycles. The highest BCUT2D eigenvalue weighted by Gasteiger charge is 2.35. The average Bonchev–Trinajstić information content (AvgIpc) is 2.61. The van der Waals surface area contributed by atoms with E-state index in [1.807, 2.05) is 0 Å². The third-order valence-corrected chi connectivity index (χ3v) is 4.44. The lowest BCUT2D eigenvalue weighted by Crippen LogP contribution is -2.45. The molecule has 28 heavy (non-hydrogen) atoms. The molecule has 1 aliphatic heterocycles. The van der Waals surface area contributed by atoms with Crippen LogP contribution in [0.15, 0.2) is 59.8 Å². The summed E-state index contributed by atoms with van der Waals surface area (Å²) in [6.45, 7) is 1.62.